The van der Waals surface area contributed by atoms with E-state index in [9.17, 15) is 9.59 Å². The summed E-state index contributed by atoms with van der Waals surface area (Å²) >= 11 is 6.06. The number of carbonyl (C=O) groups excluding carboxylic acids is 2. The highest BCUT2D eigenvalue weighted by atomic mass is 35.5. The topological polar surface area (TPSA) is 85.3 Å². The molecule has 0 unspecified atom stereocenters. The molecule has 3 aromatic carbocycles. The fourth-order valence-electron chi connectivity index (χ4n) is 3.54. The maximum Gasteiger partial charge on any atom is 0.257 e. The third-order valence-corrected chi connectivity index (χ3v) is 5.39. The molecule has 7 nitrogen and oxygen atoms in total. The minimum absolute atomic E-state index is 0.0889. The lowest BCUT2D eigenvalue weighted by molar-refractivity contribution is -0.123. The Labute approximate surface area is 208 Å². The van der Waals surface area contributed by atoms with Gasteiger partial charge in [-0.05, 0) is 43.3 Å². The zero-order valence-electron chi connectivity index (χ0n) is 19.2. The zero-order chi connectivity index (χ0) is 24.6. The summed E-state index contributed by atoms with van der Waals surface area (Å²) in [4.78, 5) is 24.6. The predicted octanol–water partition coefficient (Wildman–Crippen LogP) is 4.89. The summed E-state index contributed by atoms with van der Waals surface area (Å²) in [6.07, 6.45) is 1.99. The quantitative estimate of drug-likeness (QED) is 0.351. The van der Waals surface area contributed by atoms with Crippen molar-refractivity contribution in [3.63, 3.8) is 0 Å². The Morgan fingerprint density at radius 3 is 2.49 bits per heavy atom. The number of ether oxygens (including phenoxy) is 1. The molecule has 0 saturated heterocycles. The van der Waals surface area contributed by atoms with Crippen molar-refractivity contribution in [3.8, 4) is 22.7 Å². The normalized spacial score (nSPS) is 10.6. The average molecular weight is 489 g/mol. The van der Waals surface area contributed by atoms with E-state index in [1.54, 1.807) is 41.1 Å². The minimum atomic E-state index is -0.202. The number of anilines is 1. The SMILES string of the molecule is CCNC(=O)COc1cccc(NC(=O)Cc2cn(-c3ccccc3)nc2-c2ccc(Cl)cc2)c1. The van der Waals surface area contributed by atoms with E-state index in [0.29, 0.717) is 28.7 Å². The van der Waals surface area contributed by atoms with Crippen LogP contribution in [-0.2, 0) is 16.0 Å². The van der Waals surface area contributed by atoms with Crippen LogP contribution < -0.4 is 15.4 Å². The third kappa shape index (κ3) is 6.49. The van der Waals surface area contributed by atoms with Gasteiger partial charge in [0, 0.05) is 40.6 Å². The molecule has 0 aliphatic carbocycles. The first-order valence-electron chi connectivity index (χ1n) is 11.2. The van der Waals surface area contributed by atoms with Gasteiger partial charge in [-0.2, -0.15) is 5.10 Å². The number of halogens is 1. The molecule has 35 heavy (non-hydrogen) atoms. The maximum absolute atomic E-state index is 13.0. The van der Waals surface area contributed by atoms with E-state index >= 15 is 0 Å². The Bertz CT molecular complexity index is 1300. The van der Waals surface area contributed by atoms with Crippen LogP contribution in [0.3, 0.4) is 0 Å². The molecule has 0 saturated carbocycles. The molecule has 4 aromatic rings. The second-order valence-corrected chi connectivity index (χ2v) is 8.22. The third-order valence-electron chi connectivity index (χ3n) is 5.14. The van der Waals surface area contributed by atoms with Gasteiger partial charge in [0.2, 0.25) is 5.91 Å². The lowest BCUT2D eigenvalue weighted by atomic mass is 10.1. The highest BCUT2D eigenvalue weighted by Gasteiger charge is 2.16. The van der Waals surface area contributed by atoms with Gasteiger partial charge in [-0.3, -0.25) is 9.59 Å². The van der Waals surface area contributed by atoms with Crippen LogP contribution in [0.4, 0.5) is 5.69 Å². The summed E-state index contributed by atoms with van der Waals surface area (Å²) in [5.74, 6) is 0.0913. The summed E-state index contributed by atoms with van der Waals surface area (Å²) in [6, 6.07) is 24.0. The average Bonchev–Trinajstić information content (AvgIpc) is 3.28. The highest BCUT2D eigenvalue weighted by Crippen LogP contribution is 2.26. The van der Waals surface area contributed by atoms with Gasteiger partial charge in [0.1, 0.15) is 5.75 Å². The number of para-hydroxylation sites is 1. The minimum Gasteiger partial charge on any atom is -0.484 e. The number of benzene rings is 3. The Balaban J connectivity index is 1.52. The molecule has 0 spiro atoms. The first-order chi connectivity index (χ1) is 17.0. The number of rotatable bonds is 9. The van der Waals surface area contributed by atoms with Gasteiger partial charge in [-0.15, -0.1) is 0 Å². The maximum atomic E-state index is 13.0. The van der Waals surface area contributed by atoms with Crippen molar-refractivity contribution in [3.05, 3.63) is 95.6 Å². The molecule has 178 valence electrons. The van der Waals surface area contributed by atoms with E-state index in [2.05, 4.69) is 10.6 Å². The van der Waals surface area contributed by atoms with E-state index < -0.39 is 0 Å². The standard InChI is InChI=1S/C27H25ClN4O3/c1-2-29-26(34)18-35-24-10-6-7-22(16-24)30-25(33)15-20-17-32(23-8-4-3-5-9-23)31-27(20)19-11-13-21(28)14-12-19/h3-14,16-17H,2,15,18H2,1H3,(H,29,34)(H,30,33). The molecule has 8 heteroatoms. The molecule has 0 bridgehead atoms. The van der Waals surface area contributed by atoms with Crippen molar-refractivity contribution in [2.75, 3.05) is 18.5 Å². The van der Waals surface area contributed by atoms with Crippen molar-refractivity contribution < 1.29 is 14.3 Å². The largest absolute Gasteiger partial charge is 0.484 e. The second kappa shape index (κ2) is 11.4. The Morgan fingerprint density at radius 1 is 0.971 bits per heavy atom. The predicted molar refractivity (Wildman–Crippen MR) is 137 cm³/mol. The van der Waals surface area contributed by atoms with Crippen LogP contribution in [0.1, 0.15) is 12.5 Å². The number of nitrogens with one attached hydrogen (secondary N) is 2. The fourth-order valence-corrected chi connectivity index (χ4v) is 3.67. The van der Waals surface area contributed by atoms with E-state index in [1.807, 2.05) is 55.6 Å². The molecule has 0 aliphatic rings. The number of amides is 2. The van der Waals surface area contributed by atoms with Crippen LogP contribution in [-0.4, -0.2) is 34.7 Å². The lowest BCUT2D eigenvalue weighted by Crippen LogP contribution is -2.28. The summed E-state index contributed by atoms with van der Waals surface area (Å²) in [5.41, 5.74) is 3.82. The van der Waals surface area contributed by atoms with E-state index in [4.69, 9.17) is 21.4 Å². The van der Waals surface area contributed by atoms with Gasteiger partial charge < -0.3 is 15.4 Å². The second-order valence-electron chi connectivity index (χ2n) is 7.78. The summed E-state index contributed by atoms with van der Waals surface area (Å²) in [7, 11) is 0. The van der Waals surface area contributed by atoms with Crippen LogP contribution in [0.2, 0.25) is 5.02 Å². The molecular formula is C27H25ClN4O3. The molecule has 4 rings (SSSR count). The fraction of sp³-hybridized carbons (Fsp3) is 0.148. The van der Waals surface area contributed by atoms with Crippen LogP contribution in [0.5, 0.6) is 5.75 Å². The van der Waals surface area contributed by atoms with Crippen molar-refractivity contribution >= 4 is 29.1 Å². The van der Waals surface area contributed by atoms with Gasteiger partial charge in [-0.1, -0.05) is 48.0 Å². The number of carbonyl (C=O) groups is 2. The zero-order valence-corrected chi connectivity index (χ0v) is 20.0. The molecule has 0 aliphatic heterocycles. The van der Waals surface area contributed by atoms with Crippen molar-refractivity contribution in [1.82, 2.24) is 15.1 Å². The van der Waals surface area contributed by atoms with Gasteiger partial charge in [0.15, 0.2) is 6.61 Å². The Morgan fingerprint density at radius 2 is 1.74 bits per heavy atom. The van der Waals surface area contributed by atoms with Gasteiger partial charge >= 0.3 is 0 Å². The lowest BCUT2D eigenvalue weighted by Gasteiger charge is -2.09. The summed E-state index contributed by atoms with van der Waals surface area (Å²) in [6.45, 7) is 2.29. The van der Waals surface area contributed by atoms with Gasteiger partial charge in [0.05, 0.1) is 17.8 Å². The smallest absolute Gasteiger partial charge is 0.257 e. The number of aromatic nitrogens is 2. The first-order valence-corrected chi connectivity index (χ1v) is 11.6. The first kappa shape index (κ1) is 24.0. The van der Waals surface area contributed by atoms with E-state index in [1.165, 1.54) is 0 Å². The number of hydrogen-bond donors (Lipinski definition) is 2. The van der Waals surface area contributed by atoms with Crippen molar-refractivity contribution in [1.29, 1.82) is 0 Å². The van der Waals surface area contributed by atoms with Gasteiger partial charge in [0.25, 0.3) is 5.91 Å². The monoisotopic (exact) mass is 488 g/mol. The molecular weight excluding hydrogens is 464 g/mol. The van der Waals surface area contributed by atoms with Crippen LogP contribution in [0.15, 0.2) is 85.1 Å². The molecule has 0 fully saturated rings. The van der Waals surface area contributed by atoms with E-state index in [0.717, 1.165) is 16.8 Å². The molecule has 0 radical (unpaired) electrons. The van der Waals surface area contributed by atoms with Crippen LogP contribution in [0, 0.1) is 0 Å². The number of likely N-dealkylation sites (N-methyl/N-ethyl adjacent to an activating group) is 1. The highest BCUT2D eigenvalue weighted by molar-refractivity contribution is 6.30. The Kier molecular flexibility index (Phi) is 7.80. The molecule has 1 aromatic heterocycles. The molecule has 2 amide bonds. The summed E-state index contributed by atoms with van der Waals surface area (Å²) < 4.78 is 7.28. The van der Waals surface area contributed by atoms with Crippen molar-refractivity contribution in [2.24, 2.45) is 0 Å². The molecule has 0 atom stereocenters. The number of hydrogen-bond acceptors (Lipinski definition) is 4. The van der Waals surface area contributed by atoms with Crippen LogP contribution >= 0.6 is 11.6 Å². The summed E-state index contributed by atoms with van der Waals surface area (Å²) in [5, 5.41) is 11.0. The number of nitrogens with zero attached hydrogens (tertiary/aromatic N) is 2. The van der Waals surface area contributed by atoms with Gasteiger partial charge in [-0.25, -0.2) is 4.68 Å². The molecule has 2 N–H and O–H groups in total. The van der Waals surface area contributed by atoms with Crippen LogP contribution in [0.25, 0.3) is 16.9 Å². The molecule has 1 heterocycles. The van der Waals surface area contributed by atoms with E-state index in [-0.39, 0.29) is 24.8 Å². The van der Waals surface area contributed by atoms with Crippen molar-refractivity contribution in [2.45, 2.75) is 13.3 Å². The Hall–Kier alpha value is -4.10.